The van der Waals surface area contributed by atoms with E-state index in [-0.39, 0.29) is 17.4 Å². The van der Waals surface area contributed by atoms with Crippen LogP contribution in [-0.2, 0) is 10.0 Å². The van der Waals surface area contributed by atoms with Crippen LogP contribution in [0.1, 0.15) is 12.8 Å². The summed E-state index contributed by atoms with van der Waals surface area (Å²) in [6, 6.07) is 0.974. The van der Waals surface area contributed by atoms with E-state index in [1.54, 1.807) is 0 Å². The number of pyridine rings is 1. The van der Waals surface area contributed by atoms with Gasteiger partial charge in [-0.05, 0) is 24.8 Å². The Hall–Kier alpha value is -1.05. The first kappa shape index (κ1) is 13.4. The SMILES string of the molecule is O=S(=O)(c1cncc(F)c1)N1CCC(CCO)C1. The van der Waals surface area contributed by atoms with Crippen LogP contribution in [0.5, 0.6) is 0 Å². The average molecular weight is 274 g/mol. The minimum absolute atomic E-state index is 0.0556. The minimum atomic E-state index is -3.66. The van der Waals surface area contributed by atoms with E-state index in [0.717, 1.165) is 24.9 Å². The van der Waals surface area contributed by atoms with Gasteiger partial charge in [0, 0.05) is 25.9 Å². The topological polar surface area (TPSA) is 70.5 Å². The van der Waals surface area contributed by atoms with Crippen molar-refractivity contribution in [3.63, 3.8) is 0 Å². The Morgan fingerprint density at radius 1 is 1.50 bits per heavy atom. The molecule has 2 rings (SSSR count). The summed E-state index contributed by atoms with van der Waals surface area (Å²) in [5.74, 6) is -0.492. The summed E-state index contributed by atoms with van der Waals surface area (Å²) >= 11 is 0. The van der Waals surface area contributed by atoms with Gasteiger partial charge in [-0.1, -0.05) is 0 Å². The van der Waals surface area contributed by atoms with Crippen LogP contribution in [0, 0.1) is 11.7 Å². The molecule has 1 aromatic rings. The first-order valence-electron chi connectivity index (χ1n) is 5.75. The maximum absolute atomic E-state index is 13.0. The van der Waals surface area contributed by atoms with Crippen LogP contribution in [-0.4, -0.2) is 42.5 Å². The Balaban J connectivity index is 2.18. The molecule has 0 aliphatic carbocycles. The molecular weight excluding hydrogens is 259 g/mol. The molecule has 0 aromatic carbocycles. The van der Waals surface area contributed by atoms with Crippen molar-refractivity contribution in [3.8, 4) is 0 Å². The van der Waals surface area contributed by atoms with Gasteiger partial charge in [-0.2, -0.15) is 4.31 Å². The highest BCUT2D eigenvalue weighted by Crippen LogP contribution is 2.25. The van der Waals surface area contributed by atoms with Gasteiger partial charge < -0.3 is 5.11 Å². The molecule has 5 nitrogen and oxygen atoms in total. The molecule has 1 fully saturated rings. The molecule has 7 heteroatoms. The van der Waals surface area contributed by atoms with Crippen molar-refractivity contribution in [2.45, 2.75) is 17.7 Å². The summed E-state index contributed by atoms with van der Waals surface area (Å²) in [5.41, 5.74) is 0. The van der Waals surface area contributed by atoms with Crippen LogP contribution in [0.25, 0.3) is 0 Å². The third-order valence-electron chi connectivity index (χ3n) is 3.10. The lowest BCUT2D eigenvalue weighted by molar-refractivity contribution is 0.259. The Bertz CT molecular complexity index is 521. The van der Waals surface area contributed by atoms with Crippen molar-refractivity contribution in [2.24, 2.45) is 5.92 Å². The smallest absolute Gasteiger partial charge is 0.244 e. The number of aliphatic hydroxyl groups is 1. The molecule has 2 heterocycles. The van der Waals surface area contributed by atoms with Gasteiger partial charge in [0.25, 0.3) is 0 Å². The number of aliphatic hydroxyl groups excluding tert-OH is 1. The van der Waals surface area contributed by atoms with Gasteiger partial charge >= 0.3 is 0 Å². The Morgan fingerprint density at radius 3 is 2.94 bits per heavy atom. The molecule has 18 heavy (non-hydrogen) atoms. The largest absolute Gasteiger partial charge is 0.396 e. The van der Waals surface area contributed by atoms with Gasteiger partial charge in [0.2, 0.25) is 10.0 Å². The molecule has 0 saturated carbocycles. The lowest BCUT2D eigenvalue weighted by Gasteiger charge is -2.16. The predicted octanol–water partition coefficient (Wildman–Crippen LogP) is 0.614. The van der Waals surface area contributed by atoms with Crippen LogP contribution in [0.3, 0.4) is 0 Å². The van der Waals surface area contributed by atoms with Gasteiger partial charge in [0.05, 0.1) is 6.20 Å². The van der Waals surface area contributed by atoms with E-state index >= 15 is 0 Å². The number of hydrogen-bond acceptors (Lipinski definition) is 4. The van der Waals surface area contributed by atoms with Gasteiger partial charge in [-0.15, -0.1) is 0 Å². The number of aromatic nitrogens is 1. The summed E-state index contributed by atoms with van der Waals surface area (Å²) in [6.07, 6.45) is 3.44. The molecule has 1 aliphatic heterocycles. The van der Waals surface area contributed by atoms with Crippen molar-refractivity contribution in [2.75, 3.05) is 19.7 Å². The zero-order chi connectivity index (χ0) is 13.2. The van der Waals surface area contributed by atoms with Crippen molar-refractivity contribution in [3.05, 3.63) is 24.3 Å². The normalized spacial score (nSPS) is 21.3. The van der Waals surface area contributed by atoms with E-state index in [0.29, 0.717) is 19.5 Å². The molecule has 1 saturated heterocycles. The third-order valence-corrected chi connectivity index (χ3v) is 4.93. The fourth-order valence-corrected chi connectivity index (χ4v) is 3.62. The van der Waals surface area contributed by atoms with Crippen molar-refractivity contribution in [1.29, 1.82) is 0 Å². The lowest BCUT2D eigenvalue weighted by Crippen LogP contribution is -2.29. The first-order chi connectivity index (χ1) is 8.54. The standard InChI is InChI=1S/C11H15FN2O3S/c12-10-5-11(7-13-6-10)18(16,17)14-3-1-9(8-14)2-4-15/h5-7,9,15H,1-4,8H2. The molecule has 0 amide bonds. The minimum Gasteiger partial charge on any atom is -0.396 e. The summed E-state index contributed by atoms with van der Waals surface area (Å²) in [4.78, 5) is 3.44. The molecule has 100 valence electrons. The highest BCUT2D eigenvalue weighted by atomic mass is 32.2. The third kappa shape index (κ3) is 2.68. The number of nitrogens with zero attached hydrogens (tertiary/aromatic N) is 2. The zero-order valence-corrected chi connectivity index (χ0v) is 10.6. The second-order valence-electron chi connectivity index (χ2n) is 4.37. The Kier molecular flexibility index (Phi) is 3.94. The first-order valence-corrected chi connectivity index (χ1v) is 7.19. The fraction of sp³-hybridized carbons (Fsp3) is 0.545. The Labute approximate surface area is 105 Å². The van der Waals surface area contributed by atoms with E-state index in [1.807, 2.05) is 0 Å². The molecule has 0 radical (unpaired) electrons. The van der Waals surface area contributed by atoms with Crippen LogP contribution in [0.2, 0.25) is 0 Å². The second-order valence-corrected chi connectivity index (χ2v) is 6.31. The fourth-order valence-electron chi connectivity index (χ4n) is 2.12. The number of halogens is 1. The number of sulfonamides is 1. The predicted molar refractivity (Wildman–Crippen MR) is 62.8 cm³/mol. The lowest BCUT2D eigenvalue weighted by atomic mass is 10.1. The van der Waals surface area contributed by atoms with Gasteiger partial charge in [-0.25, -0.2) is 12.8 Å². The maximum Gasteiger partial charge on any atom is 0.244 e. The van der Waals surface area contributed by atoms with E-state index in [4.69, 9.17) is 5.11 Å². The van der Waals surface area contributed by atoms with E-state index in [9.17, 15) is 12.8 Å². The van der Waals surface area contributed by atoms with Crippen molar-refractivity contribution in [1.82, 2.24) is 9.29 Å². The van der Waals surface area contributed by atoms with Crippen LogP contribution in [0.4, 0.5) is 4.39 Å². The van der Waals surface area contributed by atoms with Crippen molar-refractivity contribution >= 4 is 10.0 Å². The molecule has 1 unspecified atom stereocenters. The van der Waals surface area contributed by atoms with Gasteiger partial charge in [-0.3, -0.25) is 4.98 Å². The highest BCUT2D eigenvalue weighted by Gasteiger charge is 2.32. The molecule has 1 atom stereocenters. The molecule has 1 aliphatic rings. The number of hydrogen-bond donors (Lipinski definition) is 1. The van der Waals surface area contributed by atoms with E-state index < -0.39 is 15.8 Å². The summed E-state index contributed by atoms with van der Waals surface area (Å²) < 4.78 is 38.7. The summed E-state index contributed by atoms with van der Waals surface area (Å²) in [6.45, 7) is 0.836. The monoisotopic (exact) mass is 274 g/mol. The van der Waals surface area contributed by atoms with Crippen LogP contribution >= 0.6 is 0 Å². The molecule has 1 N–H and O–H groups in total. The molecule has 0 bridgehead atoms. The van der Waals surface area contributed by atoms with Crippen LogP contribution < -0.4 is 0 Å². The molecule has 1 aromatic heterocycles. The van der Waals surface area contributed by atoms with E-state index in [2.05, 4.69) is 4.98 Å². The second kappa shape index (κ2) is 5.29. The zero-order valence-electron chi connectivity index (χ0n) is 9.79. The highest BCUT2D eigenvalue weighted by molar-refractivity contribution is 7.89. The quantitative estimate of drug-likeness (QED) is 0.873. The average Bonchev–Trinajstić information content (AvgIpc) is 2.79. The van der Waals surface area contributed by atoms with E-state index in [1.165, 1.54) is 4.31 Å². The van der Waals surface area contributed by atoms with Crippen molar-refractivity contribution < 1.29 is 17.9 Å². The maximum atomic E-state index is 13.0. The Morgan fingerprint density at radius 2 is 2.28 bits per heavy atom. The van der Waals surface area contributed by atoms with Gasteiger partial charge in [0.1, 0.15) is 10.7 Å². The molecular formula is C11H15FN2O3S. The summed E-state index contributed by atoms with van der Waals surface area (Å²) in [5, 5.41) is 8.84. The molecule has 0 spiro atoms. The van der Waals surface area contributed by atoms with Gasteiger partial charge in [0.15, 0.2) is 0 Å². The van der Waals surface area contributed by atoms with Crippen LogP contribution in [0.15, 0.2) is 23.4 Å². The summed E-state index contributed by atoms with van der Waals surface area (Å²) in [7, 11) is -3.66. The number of rotatable bonds is 4.